The summed E-state index contributed by atoms with van der Waals surface area (Å²) in [6.45, 7) is 8.96. The fraction of sp³-hybridized carbons (Fsp3) is 0.118. The predicted octanol–water partition coefficient (Wildman–Crippen LogP) is 9.54. The number of aromatic amines is 1. The topological polar surface area (TPSA) is 15.8 Å². The van der Waals surface area contributed by atoms with E-state index in [0.717, 1.165) is 0 Å². The van der Waals surface area contributed by atoms with Crippen LogP contribution >= 0.6 is 0 Å². The SMILES string of the molecule is Cc1cc2c([nH]c3c(C)cc4c(c32)-c2ccccc2-c2ccccc2-c2ccccc2-4)c(C)c1C. The zero-order valence-corrected chi connectivity index (χ0v) is 20.6. The monoisotopic (exact) mass is 449 g/mol. The maximum atomic E-state index is 3.84. The van der Waals surface area contributed by atoms with E-state index in [9.17, 15) is 0 Å². The summed E-state index contributed by atoms with van der Waals surface area (Å²) >= 11 is 0. The van der Waals surface area contributed by atoms with Crippen LogP contribution in [0.5, 0.6) is 0 Å². The molecule has 1 nitrogen and oxygen atoms in total. The van der Waals surface area contributed by atoms with Gasteiger partial charge in [0, 0.05) is 21.9 Å². The maximum Gasteiger partial charge on any atom is 0.0501 e. The number of rotatable bonds is 0. The van der Waals surface area contributed by atoms with Gasteiger partial charge in [0.2, 0.25) is 0 Å². The molecule has 0 spiro atoms. The third kappa shape index (κ3) is 2.70. The quantitative estimate of drug-likeness (QED) is 0.237. The minimum absolute atomic E-state index is 1.24. The Hall–Kier alpha value is -4.10. The summed E-state index contributed by atoms with van der Waals surface area (Å²) in [6.07, 6.45) is 0. The van der Waals surface area contributed by atoms with Gasteiger partial charge in [0.05, 0.1) is 5.52 Å². The van der Waals surface area contributed by atoms with E-state index in [0.29, 0.717) is 0 Å². The molecule has 1 aromatic heterocycles. The molecule has 7 rings (SSSR count). The van der Waals surface area contributed by atoms with Crippen molar-refractivity contribution in [2.75, 3.05) is 0 Å². The molecular formula is C34H27N. The molecule has 0 aliphatic heterocycles. The van der Waals surface area contributed by atoms with Gasteiger partial charge < -0.3 is 4.98 Å². The van der Waals surface area contributed by atoms with Crippen molar-refractivity contribution in [3.63, 3.8) is 0 Å². The molecule has 0 amide bonds. The van der Waals surface area contributed by atoms with Crippen LogP contribution in [0, 0.1) is 27.7 Å². The first kappa shape index (κ1) is 20.3. The van der Waals surface area contributed by atoms with Crippen molar-refractivity contribution in [1.82, 2.24) is 4.98 Å². The van der Waals surface area contributed by atoms with E-state index in [1.54, 1.807) is 0 Å². The Morgan fingerprint density at radius 1 is 0.457 bits per heavy atom. The Labute approximate surface area is 206 Å². The lowest BCUT2D eigenvalue weighted by Crippen LogP contribution is -1.98. The highest BCUT2D eigenvalue weighted by molar-refractivity contribution is 6.21. The van der Waals surface area contributed by atoms with Gasteiger partial charge >= 0.3 is 0 Å². The fourth-order valence-electron chi connectivity index (χ4n) is 6.15. The predicted molar refractivity (Wildman–Crippen MR) is 150 cm³/mol. The molecule has 0 bridgehead atoms. The van der Waals surface area contributed by atoms with Crippen LogP contribution in [0.1, 0.15) is 22.3 Å². The van der Waals surface area contributed by atoms with E-state index in [1.165, 1.54) is 88.6 Å². The highest BCUT2D eigenvalue weighted by Gasteiger charge is 2.25. The second kappa shape index (κ2) is 7.20. The molecule has 1 aliphatic rings. The highest BCUT2D eigenvalue weighted by Crippen LogP contribution is 2.51. The van der Waals surface area contributed by atoms with E-state index in [2.05, 4.69) is 118 Å². The number of aromatic nitrogens is 1. The lowest BCUT2D eigenvalue weighted by molar-refractivity contribution is 1.28. The lowest BCUT2D eigenvalue weighted by atomic mass is 9.79. The van der Waals surface area contributed by atoms with Crippen LogP contribution in [0.3, 0.4) is 0 Å². The second-order valence-corrected chi connectivity index (χ2v) is 9.99. The number of nitrogens with one attached hydrogen (secondary N) is 1. The first-order valence-corrected chi connectivity index (χ1v) is 12.4. The number of aryl methyl sites for hydroxylation is 3. The summed E-state index contributed by atoms with van der Waals surface area (Å²) in [5, 5.41) is 2.66. The van der Waals surface area contributed by atoms with Crippen molar-refractivity contribution in [2.45, 2.75) is 27.7 Å². The van der Waals surface area contributed by atoms with Crippen LogP contribution < -0.4 is 0 Å². The van der Waals surface area contributed by atoms with Crippen molar-refractivity contribution >= 4 is 21.8 Å². The normalized spacial score (nSPS) is 12.0. The maximum absolute atomic E-state index is 3.84. The number of H-pyrrole nitrogens is 1. The molecule has 1 heteroatoms. The van der Waals surface area contributed by atoms with Crippen molar-refractivity contribution in [1.29, 1.82) is 0 Å². The Bertz CT molecular complexity index is 1830. The minimum Gasteiger partial charge on any atom is -0.354 e. The van der Waals surface area contributed by atoms with Crippen LogP contribution in [0.15, 0.2) is 84.9 Å². The van der Waals surface area contributed by atoms with E-state index >= 15 is 0 Å². The summed E-state index contributed by atoms with van der Waals surface area (Å²) in [5.74, 6) is 0. The average molecular weight is 450 g/mol. The van der Waals surface area contributed by atoms with Crippen LogP contribution in [0.25, 0.3) is 66.3 Å². The summed E-state index contributed by atoms with van der Waals surface area (Å²) in [6, 6.07) is 31.5. The van der Waals surface area contributed by atoms with Gasteiger partial charge in [-0.25, -0.2) is 0 Å². The van der Waals surface area contributed by atoms with E-state index in [1.807, 2.05) is 0 Å². The molecular weight excluding hydrogens is 422 g/mol. The smallest absolute Gasteiger partial charge is 0.0501 e. The van der Waals surface area contributed by atoms with E-state index < -0.39 is 0 Å². The van der Waals surface area contributed by atoms with Gasteiger partial charge in [-0.05, 0) is 101 Å². The van der Waals surface area contributed by atoms with Crippen LogP contribution in [0.2, 0.25) is 0 Å². The van der Waals surface area contributed by atoms with Crippen LogP contribution in [-0.2, 0) is 0 Å². The summed E-state index contributed by atoms with van der Waals surface area (Å²) in [5.41, 5.74) is 18.2. The standard InChI is InChI=1S/C34H27N/c1-19-17-30-32-31-28-16-10-9-14-26(28)24-12-6-5-11-23(24)25-13-7-8-15-27(25)29(31)18-20(2)33(32)35-34(30)22(4)21(19)3/h5-18,35H,1-4H3. The molecule has 1 heterocycles. The molecule has 0 saturated carbocycles. The minimum atomic E-state index is 1.24. The summed E-state index contributed by atoms with van der Waals surface area (Å²) < 4.78 is 0. The first-order valence-electron chi connectivity index (χ1n) is 12.4. The molecule has 0 saturated heterocycles. The number of hydrogen-bond acceptors (Lipinski definition) is 0. The number of hydrogen-bond donors (Lipinski definition) is 1. The zero-order valence-electron chi connectivity index (χ0n) is 20.6. The van der Waals surface area contributed by atoms with Gasteiger partial charge in [-0.15, -0.1) is 0 Å². The van der Waals surface area contributed by atoms with Gasteiger partial charge in [0.15, 0.2) is 0 Å². The molecule has 0 atom stereocenters. The third-order valence-corrected chi connectivity index (χ3v) is 8.12. The molecule has 0 unspecified atom stereocenters. The summed E-state index contributed by atoms with van der Waals surface area (Å²) in [4.78, 5) is 3.84. The van der Waals surface area contributed by atoms with Crippen molar-refractivity contribution in [2.24, 2.45) is 0 Å². The Balaban J connectivity index is 1.78. The molecule has 5 aromatic carbocycles. The molecule has 168 valence electrons. The summed E-state index contributed by atoms with van der Waals surface area (Å²) in [7, 11) is 0. The Morgan fingerprint density at radius 3 is 1.51 bits per heavy atom. The zero-order chi connectivity index (χ0) is 23.8. The molecule has 1 N–H and O–H groups in total. The highest BCUT2D eigenvalue weighted by atomic mass is 14.7. The van der Waals surface area contributed by atoms with Gasteiger partial charge in [-0.1, -0.05) is 72.8 Å². The molecule has 35 heavy (non-hydrogen) atoms. The first-order chi connectivity index (χ1) is 17.0. The van der Waals surface area contributed by atoms with Crippen molar-refractivity contribution in [3.05, 3.63) is 107 Å². The van der Waals surface area contributed by atoms with Gasteiger partial charge in [-0.3, -0.25) is 0 Å². The van der Waals surface area contributed by atoms with Crippen molar-refractivity contribution in [3.8, 4) is 44.5 Å². The molecule has 0 fully saturated rings. The average Bonchev–Trinajstić information content (AvgIpc) is 3.26. The van der Waals surface area contributed by atoms with Gasteiger partial charge in [-0.2, -0.15) is 0 Å². The second-order valence-electron chi connectivity index (χ2n) is 9.99. The van der Waals surface area contributed by atoms with Gasteiger partial charge in [0.1, 0.15) is 0 Å². The van der Waals surface area contributed by atoms with Gasteiger partial charge in [0.25, 0.3) is 0 Å². The van der Waals surface area contributed by atoms with E-state index in [-0.39, 0.29) is 0 Å². The van der Waals surface area contributed by atoms with Crippen LogP contribution in [-0.4, -0.2) is 4.98 Å². The largest absolute Gasteiger partial charge is 0.354 e. The Morgan fingerprint density at radius 2 is 0.943 bits per heavy atom. The molecule has 6 aromatic rings. The van der Waals surface area contributed by atoms with Crippen LogP contribution in [0.4, 0.5) is 0 Å². The lowest BCUT2D eigenvalue weighted by Gasteiger charge is -2.24. The van der Waals surface area contributed by atoms with E-state index in [4.69, 9.17) is 0 Å². The number of fused-ring (bicyclic) bond motifs is 12. The third-order valence-electron chi connectivity index (χ3n) is 8.12. The number of benzene rings is 5. The molecule has 0 radical (unpaired) electrons. The Kier molecular flexibility index (Phi) is 4.17. The molecule has 1 aliphatic carbocycles. The van der Waals surface area contributed by atoms with Crippen molar-refractivity contribution < 1.29 is 0 Å². The fourth-order valence-corrected chi connectivity index (χ4v) is 6.15.